The van der Waals surface area contributed by atoms with Crippen LogP contribution >= 0.6 is 0 Å². The van der Waals surface area contributed by atoms with Crippen LogP contribution in [0.2, 0.25) is 0 Å². The Hall–Kier alpha value is -2.56. The molecule has 0 unspecified atom stereocenters. The summed E-state index contributed by atoms with van der Waals surface area (Å²) in [6, 6.07) is 11.0. The van der Waals surface area contributed by atoms with Gasteiger partial charge in [-0.15, -0.1) is 0 Å². The highest BCUT2D eigenvalue weighted by Crippen LogP contribution is 2.19. The van der Waals surface area contributed by atoms with E-state index in [1.165, 1.54) is 0 Å². The first kappa shape index (κ1) is 11.5. The minimum absolute atomic E-state index is 0.267. The van der Waals surface area contributed by atoms with E-state index < -0.39 is 0 Å². The molecular weight excluding hydrogens is 244 g/mol. The zero-order valence-corrected chi connectivity index (χ0v) is 10.4. The molecule has 0 spiro atoms. The molecule has 0 atom stereocenters. The third-order valence-corrected chi connectivity index (χ3v) is 2.63. The summed E-state index contributed by atoms with van der Waals surface area (Å²) in [5.41, 5.74) is 1.26. The van der Waals surface area contributed by atoms with E-state index in [2.05, 4.69) is 9.97 Å². The Morgan fingerprint density at radius 1 is 1.11 bits per heavy atom. The number of fused-ring (bicyclic) bond motifs is 1. The van der Waals surface area contributed by atoms with Crippen LogP contribution in [0.15, 0.2) is 47.0 Å². The van der Waals surface area contributed by atoms with Gasteiger partial charge in [0, 0.05) is 6.20 Å². The van der Waals surface area contributed by atoms with E-state index in [4.69, 9.17) is 13.9 Å². The van der Waals surface area contributed by atoms with Crippen LogP contribution in [0, 0.1) is 0 Å². The number of nitrogens with zero attached hydrogens (tertiary/aromatic N) is 2. The van der Waals surface area contributed by atoms with Crippen molar-refractivity contribution in [1.82, 2.24) is 9.97 Å². The second-order valence-electron chi connectivity index (χ2n) is 3.90. The number of hydrogen-bond acceptors (Lipinski definition) is 5. The summed E-state index contributed by atoms with van der Waals surface area (Å²) >= 11 is 0. The zero-order chi connectivity index (χ0) is 13.1. The summed E-state index contributed by atoms with van der Waals surface area (Å²) in [6.07, 6.45) is 1.68. The van der Waals surface area contributed by atoms with Gasteiger partial charge in [-0.25, -0.2) is 4.98 Å². The number of benzene rings is 1. The lowest BCUT2D eigenvalue weighted by Crippen LogP contribution is -1.95. The number of methoxy groups -OCH3 is 1. The topological polar surface area (TPSA) is 57.4 Å². The van der Waals surface area contributed by atoms with E-state index in [-0.39, 0.29) is 6.61 Å². The Kier molecular flexibility index (Phi) is 3.02. The average Bonchev–Trinajstić information content (AvgIpc) is 2.88. The number of aromatic nitrogens is 2. The molecule has 0 aliphatic carbocycles. The quantitative estimate of drug-likeness (QED) is 0.718. The van der Waals surface area contributed by atoms with Crippen molar-refractivity contribution in [3.63, 3.8) is 0 Å². The van der Waals surface area contributed by atoms with Crippen LogP contribution in [0.5, 0.6) is 11.5 Å². The van der Waals surface area contributed by atoms with E-state index in [1.807, 2.05) is 36.4 Å². The number of ether oxygens (including phenoxy) is 2. The van der Waals surface area contributed by atoms with Gasteiger partial charge in [0.05, 0.1) is 7.11 Å². The molecule has 3 aromatic rings. The molecule has 0 saturated heterocycles. The zero-order valence-electron chi connectivity index (χ0n) is 10.4. The van der Waals surface area contributed by atoms with Crippen LogP contribution in [0.4, 0.5) is 0 Å². The Bertz CT molecular complexity index is 643. The molecule has 0 radical (unpaired) electrons. The number of pyridine rings is 1. The molecule has 0 N–H and O–H groups in total. The molecule has 0 amide bonds. The van der Waals surface area contributed by atoms with Crippen molar-refractivity contribution in [3.8, 4) is 11.5 Å². The maximum atomic E-state index is 5.58. The van der Waals surface area contributed by atoms with Gasteiger partial charge in [0.2, 0.25) is 5.89 Å². The lowest BCUT2D eigenvalue weighted by molar-refractivity contribution is 0.267. The van der Waals surface area contributed by atoms with Crippen LogP contribution < -0.4 is 9.47 Å². The predicted molar refractivity (Wildman–Crippen MR) is 69.1 cm³/mol. The van der Waals surface area contributed by atoms with Crippen LogP contribution in [0.3, 0.4) is 0 Å². The van der Waals surface area contributed by atoms with Gasteiger partial charge >= 0.3 is 0 Å². The molecule has 0 fully saturated rings. The highest BCUT2D eigenvalue weighted by atomic mass is 16.5. The second-order valence-corrected chi connectivity index (χ2v) is 3.90. The number of rotatable bonds is 4. The third kappa shape index (κ3) is 2.49. The highest BCUT2D eigenvalue weighted by molar-refractivity contribution is 5.66. The van der Waals surface area contributed by atoms with Gasteiger partial charge in [-0.2, -0.15) is 4.98 Å². The van der Waals surface area contributed by atoms with Crippen molar-refractivity contribution in [1.29, 1.82) is 0 Å². The molecule has 2 heterocycles. The Morgan fingerprint density at radius 3 is 2.63 bits per heavy atom. The van der Waals surface area contributed by atoms with E-state index in [0.717, 1.165) is 11.5 Å². The van der Waals surface area contributed by atoms with Crippen molar-refractivity contribution >= 4 is 11.2 Å². The molecule has 0 bridgehead atoms. The van der Waals surface area contributed by atoms with Gasteiger partial charge in [-0.3, -0.25) is 0 Å². The minimum Gasteiger partial charge on any atom is -0.497 e. The molecule has 1 aromatic carbocycles. The van der Waals surface area contributed by atoms with Crippen molar-refractivity contribution < 1.29 is 13.9 Å². The molecule has 19 heavy (non-hydrogen) atoms. The maximum absolute atomic E-state index is 5.58. The number of hydrogen-bond donors (Lipinski definition) is 0. The van der Waals surface area contributed by atoms with Crippen LogP contribution in [0.25, 0.3) is 11.2 Å². The van der Waals surface area contributed by atoms with Crippen molar-refractivity contribution in [2.24, 2.45) is 0 Å². The molecular formula is C14H12N2O3. The standard InChI is InChI=1S/C14H12N2O3/c1-17-10-4-6-11(7-5-10)18-9-13-16-14-12(19-13)3-2-8-15-14/h2-8H,9H2,1H3. The SMILES string of the molecule is COc1ccc(OCc2nc3ncccc3o2)cc1. The van der Waals surface area contributed by atoms with Crippen LogP contribution in [0.1, 0.15) is 5.89 Å². The molecule has 96 valence electrons. The Morgan fingerprint density at radius 2 is 1.89 bits per heavy atom. The van der Waals surface area contributed by atoms with Gasteiger partial charge in [0.25, 0.3) is 0 Å². The van der Waals surface area contributed by atoms with Gasteiger partial charge in [0.1, 0.15) is 11.5 Å². The fourth-order valence-corrected chi connectivity index (χ4v) is 1.69. The molecule has 3 rings (SSSR count). The largest absolute Gasteiger partial charge is 0.497 e. The fourth-order valence-electron chi connectivity index (χ4n) is 1.69. The third-order valence-electron chi connectivity index (χ3n) is 2.63. The maximum Gasteiger partial charge on any atom is 0.235 e. The summed E-state index contributed by atoms with van der Waals surface area (Å²) in [5.74, 6) is 2.03. The first-order chi connectivity index (χ1) is 9.35. The van der Waals surface area contributed by atoms with Crippen molar-refractivity contribution in [2.45, 2.75) is 6.61 Å². The van der Waals surface area contributed by atoms with Gasteiger partial charge < -0.3 is 13.9 Å². The lowest BCUT2D eigenvalue weighted by atomic mass is 10.3. The van der Waals surface area contributed by atoms with Crippen molar-refractivity contribution in [3.05, 3.63) is 48.5 Å². The molecule has 0 aliphatic rings. The van der Waals surface area contributed by atoms with E-state index in [0.29, 0.717) is 17.1 Å². The smallest absolute Gasteiger partial charge is 0.235 e. The van der Waals surface area contributed by atoms with E-state index in [9.17, 15) is 0 Å². The molecule has 0 aliphatic heterocycles. The summed E-state index contributed by atoms with van der Waals surface area (Å²) in [5, 5.41) is 0. The average molecular weight is 256 g/mol. The summed E-state index contributed by atoms with van der Waals surface area (Å²) in [6.45, 7) is 0.267. The van der Waals surface area contributed by atoms with E-state index in [1.54, 1.807) is 13.3 Å². The second kappa shape index (κ2) is 4.97. The molecule has 5 nitrogen and oxygen atoms in total. The summed E-state index contributed by atoms with van der Waals surface area (Å²) in [4.78, 5) is 8.34. The summed E-state index contributed by atoms with van der Waals surface area (Å²) < 4.78 is 16.2. The van der Waals surface area contributed by atoms with Gasteiger partial charge in [-0.1, -0.05) is 0 Å². The number of oxazole rings is 1. The predicted octanol–water partition coefficient (Wildman–Crippen LogP) is 2.81. The Balaban J connectivity index is 1.70. The summed E-state index contributed by atoms with van der Waals surface area (Å²) in [7, 11) is 1.63. The first-order valence-corrected chi connectivity index (χ1v) is 5.82. The first-order valence-electron chi connectivity index (χ1n) is 5.82. The van der Waals surface area contributed by atoms with Gasteiger partial charge in [-0.05, 0) is 36.4 Å². The van der Waals surface area contributed by atoms with E-state index >= 15 is 0 Å². The van der Waals surface area contributed by atoms with Crippen LogP contribution in [-0.2, 0) is 6.61 Å². The fraction of sp³-hybridized carbons (Fsp3) is 0.143. The minimum atomic E-state index is 0.267. The Labute approximate surface area is 109 Å². The monoisotopic (exact) mass is 256 g/mol. The van der Waals surface area contributed by atoms with Crippen molar-refractivity contribution in [2.75, 3.05) is 7.11 Å². The normalized spacial score (nSPS) is 10.6. The van der Waals surface area contributed by atoms with Gasteiger partial charge in [0.15, 0.2) is 17.8 Å². The van der Waals surface area contributed by atoms with Crippen LogP contribution in [-0.4, -0.2) is 17.1 Å². The molecule has 2 aromatic heterocycles. The highest BCUT2D eigenvalue weighted by Gasteiger charge is 2.06. The lowest BCUT2D eigenvalue weighted by Gasteiger charge is -2.04. The molecule has 5 heteroatoms. The molecule has 0 saturated carbocycles.